The van der Waals surface area contributed by atoms with Gasteiger partial charge in [-0.15, -0.1) is 0 Å². The lowest BCUT2D eigenvalue weighted by atomic mass is 9.93. The van der Waals surface area contributed by atoms with Crippen molar-refractivity contribution < 1.29 is 14.6 Å². The first-order valence-corrected chi connectivity index (χ1v) is 11.2. The summed E-state index contributed by atoms with van der Waals surface area (Å²) in [6.07, 6.45) is 4.63. The van der Waals surface area contributed by atoms with E-state index in [0.29, 0.717) is 11.6 Å². The zero-order valence-corrected chi connectivity index (χ0v) is 18.8. The number of piperazine rings is 1. The predicted molar refractivity (Wildman–Crippen MR) is 125 cm³/mol. The number of ether oxygens (including phenoxy) is 1. The van der Waals surface area contributed by atoms with Gasteiger partial charge < -0.3 is 30.3 Å². The summed E-state index contributed by atoms with van der Waals surface area (Å²) in [6.45, 7) is 4.12. The molecule has 2 fully saturated rings. The van der Waals surface area contributed by atoms with Gasteiger partial charge in [0.05, 0.1) is 19.4 Å². The summed E-state index contributed by atoms with van der Waals surface area (Å²) in [4.78, 5) is 25.8. The summed E-state index contributed by atoms with van der Waals surface area (Å²) >= 11 is 0. The Balaban J connectivity index is 1.48. The van der Waals surface area contributed by atoms with Crippen molar-refractivity contribution in [3.63, 3.8) is 0 Å². The number of methoxy groups -OCH3 is 1. The maximum Gasteiger partial charge on any atom is 0.360 e. The van der Waals surface area contributed by atoms with Crippen LogP contribution in [0.5, 0.6) is 0 Å². The molecule has 0 spiro atoms. The second-order valence-electron chi connectivity index (χ2n) is 8.56. The first kappa shape index (κ1) is 22.3. The van der Waals surface area contributed by atoms with Gasteiger partial charge in [0.1, 0.15) is 5.82 Å². The van der Waals surface area contributed by atoms with Crippen LogP contribution >= 0.6 is 0 Å². The Hall–Kier alpha value is -2.91. The van der Waals surface area contributed by atoms with Crippen molar-refractivity contribution in [1.82, 2.24) is 14.9 Å². The van der Waals surface area contributed by atoms with Crippen LogP contribution in [0.15, 0.2) is 30.5 Å². The van der Waals surface area contributed by atoms with Crippen LogP contribution in [-0.2, 0) is 4.74 Å². The van der Waals surface area contributed by atoms with Gasteiger partial charge in [0, 0.05) is 43.6 Å². The van der Waals surface area contributed by atoms with E-state index in [-0.39, 0.29) is 17.8 Å². The minimum Gasteiger partial charge on any atom is -0.464 e. The second kappa shape index (κ2) is 10.1. The van der Waals surface area contributed by atoms with Gasteiger partial charge in [0.25, 0.3) is 0 Å². The van der Waals surface area contributed by atoms with Gasteiger partial charge in [-0.2, -0.15) is 0 Å². The highest BCUT2D eigenvalue weighted by atomic mass is 16.5. The number of hydrogen-bond acceptors (Lipinski definition) is 9. The normalized spacial score (nSPS) is 21.8. The number of benzene rings is 1. The van der Waals surface area contributed by atoms with Crippen molar-refractivity contribution >= 4 is 29.0 Å². The molecule has 1 aliphatic heterocycles. The van der Waals surface area contributed by atoms with Crippen LogP contribution in [0.3, 0.4) is 0 Å². The summed E-state index contributed by atoms with van der Waals surface area (Å²) < 4.78 is 4.88. The number of carbonyl (C=O) groups is 1. The lowest BCUT2D eigenvalue weighted by Crippen LogP contribution is -2.44. The van der Waals surface area contributed by atoms with Crippen LogP contribution in [0.2, 0.25) is 0 Å². The van der Waals surface area contributed by atoms with Crippen LogP contribution in [0.1, 0.15) is 36.2 Å². The number of hydrogen-bond donors (Lipinski definition) is 3. The first-order valence-electron chi connectivity index (χ1n) is 11.2. The van der Waals surface area contributed by atoms with Gasteiger partial charge in [-0.25, -0.2) is 14.8 Å². The molecule has 0 unspecified atom stereocenters. The first-order chi connectivity index (χ1) is 15.5. The second-order valence-corrected chi connectivity index (χ2v) is 8.56. The molecular formula is C23H32N6O3. The Kier molecular flexibility index (Phi) is 7.06. The molecule has 0 radical (unpaired) electrons. The number of aliphatic hydroxyl groups excluding tert-OH is 1. The van der Waals surface area contributed by atoms with E-state index in [4.69, 9.17) is 4.74 Å². The summed E-state index contributed by atoms with van der Waals surface area (Å²) in [5.74, 6) is 0.405. The minimum absolute atomic E-state index is 0.139. The standard InChI is InChI=1S/C23H32N6O3/c1-28-11-13-29(14-12-28)18-7-3-17(4-8-18)26-22-21(23(31)32-2)24-15-20(27-22)25-16-5-9-19(30)10-6-16/h3-4,7-8,15-16,19,30H,5-6,9-14H2,1-2H3,(H2,25,26,27). The third kappa shape index (κ3) is 5.46. The van der Waals surface area contributed by atoms with Crippen LogP contribution in [0.4, 0.5) is 23.0 Å². The monoisotopic (exact) mass is 440 g/mol. The van der Waals surface area contributed by atoms with Gasteiger partial charge in [-0.3, -0.25) is 0 Å². The Bertz CT molecular complexity index is 906. The zero-order valence-electron chi connectivity index (χ0n) is 18.8. The molecule has 1 aromatic carbocycles. The van der Waals surface area contributed by atoms with E-state index in [1.807, 2.05) is 12.1 Å². The SMILES string of the molecule is COC(=O)c1ncc(NC2CCC(O)CC2)nc1Nc1ccc(N2CCN(C)CC2)cc1. The minimum atomic E-state index is -0.540. The van der Waals surface area contributed by atoms with E-state index < -0.39 is 5.97 Å². The molecule has 9 nitrogen and oxygen atoms in total. The molecule has 1 aliphatic carbocycles. The number of aliphatic hydroxyl groups is 1. The van der Waals surface area contributed by atoms with E-state index in [0.717, 1.165) is 57.5 Å². The Labute approximate surface area is 188 Å². The Morgan fingerprint density at radius 1 is 1.09 bits per heavy atom. The summed E-state index contributed by atoms with van der Waals surface area (Å²) in [7, 11) is 3.48. The third-order valence-corrected chi connectivity index (χ3v) is 6.20. The number of anilines is 4. The molecule has 9 heteroatoms. The maximum absolute atomic E-state index is 12.2. The molecular weight excluding hydrogens is 408 g/mol. The fourth-order valence-electron chi connectivity index (χ4n) is 4.18. The molecule has 2 heterocycles. The Morgan fingerprint density at radius 3 is 2.44 bits per heavy atom. The topological polar surface area (TPSA) is 103 Å². The number of nitrogens with zero attached hydrogens (tertiary/aromatic N) is 4. The molecule has 0 amide bonds. The van der Waals surface area contributed by atoms with Crippen molar-refractivity contribution in [2.45, 2.75) is 37.8 Å². The van der Waals surface area contributed by atoms with E-state index in [9.17, 15) is 9.90 Å². The number of aromatic nitrogens is 2. The highest BCUT2D eigenvalue weighted by Crippen LogP contribution is 2.25. The molecule has 3 N–H and O–H groups in total. The lowest BCUT2D eigenvalue weighted by molar-refractivity contribution is 0.0595. The molecule has 32 heavy (non-hydrogen) atoms. The van der Waals surface area contributed by atoms with Gasteiger partial charge in [0.2, 0.25) is 0 Å². The van der Waals surface area contributed by atoms with Crippen LogP contribution in [0.25, 0.3) is 0 Å². The molecule has 0 atom stereocenters. The van der Waals surface area contributed by atoms with Crippen molar-refractivity contribution in [3.05, 3.63) is 36.2 Å². The largest absolute Gasteiger partial charge is 0.464 e. The lowest BCUT2D eigenvalue weighted by Gasteiger charge is -2.34. The molecule has 1 aromatic heterocycles. The molecule has 172 valence electrons. The summed E-state index contributed by atoms with van der Waals surface area (Å²) in [5, 5.41) is 16.3. The van der Waals surface area contributed by atoms with E-state index in [1.165, 1.54) is 12.8 Å². The van der Waals surface area contributed by atoms with E-state index in [2.05, 4.69) is 49.6 Å². The highest BCUT2D eigenvalue weighted by Gasteiger charge is 2.22. The third-order valence-electron chi connectivity index (χ3n) is 6.20. The molecule has 1 saturated carbocycles. The molecule has 4 rings (SSSR count). The van der Waals surface area contributed by atoms with Crippen molar-refractivity contribution in [2.24, 2.45) is 0 Å². The fraction of sp³-hybridized carbons (Fsp3) is 0.522. The van der Waals surface area contributed by atoms with Crippen LogP contribution in [0, 0.1) is 0 Å². The number of rotatable bonds is 6. The van der Waals surface area contributed by atoms with E-state index >= 15 is 0 Å². The highest BCUT2D eigenvalue weighted by molar-refractivity contribution is 5.93. The molecule has 2 aromatic rings. The summed E-state index contributed by atoms with van der Waals surface area (Å²) in [5.41, 5.74) is 2.14. The molecule has 1 saturated heterocycles. The van der Waals surface area contributed by atoms with Crippen LogP contribution in [-0.4, -0.2) is 78.4 Å². The Morgan fingerprint density at radius 2 is 1.78 bits per heavy atom. The van der Waals surface area contributed by atoms with Gasteiger partial charge in [-0.05, 0) is 57.0 Å². The number of esters is 1. The van der Waals surface area contributed by atoms with Crippen molar-refractivity contribution in [3.8, 4) is 0 Å². The van der Waals surface area contributed by atoms with Crippen molar-refractivity contribution in [2.75, 3.05) is 55.9 Å². The zero-order chi connectivity index (χ0) is 22.5. The van der Waals surface area contributed by atoms with Crippen LogP contribution < -0.4 is 15.5 Å². The number of carbonyl (C=O) groups excluding carboxylic acids is 1. The van der Waals surface area contributed by atoms with Gasteiger partial charge in [-0.1, -0.05) is 0 Å². The average Bonchev–Trinajstić information content (AvgIpc) is 2.81. The summed E-state index contributed by atoms with van der Waals surface area (Å²) in [6, 6.07) is 8.35. The molecule has 0 bridgehead atoms. The maximum atomic E-state index is 12.2. The predicted octanol–water partition coefficient (Wildman–Crippen LogP) is 2.47. The molecule has 2 aliphatic rings. The average molecular weight is 441 g/mol. The number of nitrogens with one attached hydrogen (secondary N) is 2. The number of likely N-dealkylation sites (N-methyl/N-ethyl adjacent to an activating group) is 1. The fourth-order valence-corrected chi connectivity index (χ4v) is 4.18. The smallest absolute Gasteiger partial charge is 0.360 e. The van der Waals surface area contributed by atoms with Gasteiger partial charge in [0.15, 0.2) is 11.5 Å². The van der Waals surface area contributed by atoms with Gasteiger partial charge >= 0.3 is 5.97 Å². The van der Waals surface area contributed by atoms with Crippen molar-refractivity contribution in [1.29, 1.82) is 0 Å². The van der Waals surface area contributed by atoms with E-state index in [1.54, 1.807) is 6.20 Å². The quantitative estimate of drug-likeness (QED) is 0.585.